The Morgan fingerprint density at radius 3 is 2.33 bits per heavy atom. The molecule has 2 N–H and O–H groups in total. The first-order valence-corrected chi connectivity index (χ1v) is 10.8. The molecule has 156 valence electrons. The average Bonchev–Trinajstić information content (AvgIpc) is 3.25. The van der Waals surface area contributed by atoms with E-state index in [1.807, 2.05) is 0 Å². The van der Waals surface area contributed by atoms with Crippen molar-refractivity contribution in [1.82, 2.24) is 5.32 Å². The van der Waals surface area contributed by atoms with Gasteiger partial charge in [-0.3, -0.25) is 24.1 Å². The van der Waals surface area contributed by atoms with Crippen LogP contribution in [-0.2, 0) is 22.4 Å². The largest absolute Gasteiger partial charge is 0.355 e. The van der Waals surface area contributed by atoms with Crippen LogP contribution < -0.4 is 15.5 Å². The van der Waals surface area contributed by atoms with Crippen molar-refractivity contribution in [1.29, 1.82) is 0 Å². The SMILES string of the molecule is CNC(=O)c1c(NC(=O)c2ccc(N3C(=O)CCC3=O)cc2)sc2c1CC[C@H](C)C2. The Morgan fingerprint density at radius 2 is 1.70 bits per heavy atom. The molecular weight excluding hydrogens is 402 g/mol. The predicted octanol–water partition coefficient (Wildman–Crippen LogP) is 3.14. The lowest BCUT2D eigenvalue weighted by molar-refractivity contribution is -0.121. The summed E-state index contributed by atoms with van der Waals surface area (Å²) in [5.74, 6) is -0.436. The number of rotatable bonds is 4. The topological polar surface area (TPSA) is 95.6 Å². The van der Waals surface area contributed by atoms with Crippen molar-refractivity contribution in [2.24, 2.45) is 5.92 Å². The number of imide groups is 1. The number of hydrogen-bond donors (Lipinski definition) is 2. The number of nitrogens with zero attached hydrogens (tertiary/aromatic N) is 1. The van der Waals surface area contributed by atoms with Gasteiger partial charge in [0, 0.05) is 30.3 Å². The zero-order valence-electron chi connectivity index (χ0n) is 16.9. The van der Waals surface area contributed by atoms with Gasteiger partial charge in [-0.1, -0.05) is 6.92 Å². The second kappa shape index (κ2) is 8.02. The summed E-state index contributed by atoms with van der Waals surface area (Å²) in [5.41, 5.74) is 2.45. The molecule has 1 aromatic carbocycles. The lowest BCUT2D eigenvalue weighted by Gasteiger charge is -2.18. The number of carbonyl (C=O) groups excluding carboxylic acids is 4. The molecule has 4 rings (SSSR count). The van der Waals surface area contributed by atoms with Gasteiger partial charge in [0.25, 0.3) is 11.8 Å². The molecule has 0 radical (unpaired) electrons. The van der Waals surface area contributed by atoms with Crippen LogP contribution in [0, 0.1) is 5.92 Å². The summed E-state index contributed by atoms with van der Waals surface area (Å²) < 4.78 is 0. The fourth-order valence-electron chi connectivity index (χ4n) is 4.01. The smallest absolute Gasteiger partial charge is 0.256 e. The second-order valence-electron chi connectivity index (χ2n) is 7.76. The van der Waals surface area contributed by atoms with Crippen molar-refractivity contribution in [3.63, 3.8) is 0 Å². The van der Waals surface area contributed by atoms with E-state index in [9.17, 15) is 19.2 Å². The maximum absolute atomic E-state index is 12.8. The molecule has 0 spiro atoms. The number of amides is 4. The normalized spacial score (nSPS) is 18.3. The molecule has 1 aliphatic heterocycles. The summed E-state index contributed by atoms with van der Waals surface area (Å²) in [6.45, 7) is 2.19. The standard InChI is InChI=1S/C22H23N3O4S/c1-12-3-8-15-16(11-12)30-22(19(15)21(29)23-2)24-20(28)13-4-6-14(7-5-13)25-17(26)9-10-18(25)27/h4-7,12H,3,8-11H2,1-2H3,(H,23,29)(H,24,28)/t12-/m0/s1. The van der Waals surface area contributed by atoms with Crippen LogP contribution in [-0.4, -0.2) is 30.7 Å². The van der Waals surface area contributed by atoms with E-state index in [1.54, 1.807) is 31.3 Å². The van der Waals surface area contributed by atoms with Crippen molar-refractivity contribution >= 4 is 45.7 Å². The second-order valence-corrected chi connectivity index (χ2v) is 8.86. The third-order valence-electron chi connectivity index (χ3n) is 5.63. The molecule has 2 aliphatic rings. The number of thiophene rings is 1. The lowest BCUT2D eigenvalue weighted by Crippen LogP contribution is -2.28. The maximum atomic E-state index is 12.8. The fourth-order valence-corrected chi connectivity index (χ4v) is 5.41. The first kappa shape index (κ1) is 20.3. The summed E-state index contributed by atoms with van der Waals surface area (Å²) >= 11 is 1.47. The number of benzene rings is 1. The Labute approximate surface area is 178 Å². The highest BCUT2D eigenvalue weighted by molar-refractivity contribution is 7.17. The third kappa shape index (κ3) is 3.63. The number of fused-ring (bicyclic) bond motifs is 1. The minimum atomic E-state index is -0.336. The minimum Gasteiger partial charge on any atom is -0.355 e. The van der Waals surface area contributed by atoms with Crippen LogP contribution in [0.5, 0.6) is 0 Å². The summed E-state index contributed by atoms with van der Waals surface area (Å²) in [7, 11) is 1.59. The summed E-state index contributed by atoms with van der Waals surface area (Å²) in [6, 6.07) is 6.35. The molecule has 0 bridgehead atoms. The molecule has 1 atom stereocenters. The molecule has 0 unspecified atom stereocenters. The zero-order valence-corrected chi connectivity index (χ0v) is 17.7. The van der Waals surface area contributed by atoms with Gasteiger partial charge in [0.15, 0.2) is 0 Å². The summed E-state index contributed by atoms with van der Waals surface area (Å²) in [4.78, 5) is 51.4. The van der Waals surface area contributed by atoms with Gasteiger partial charge >= 0.3 is 0 Å². The Kier molecular flexibility index (Phi) is 5.42. The van der Waals surface area contributed by atoms with Crippen molar-refractivity contribution in [2.45, 2.75) is 39.0 Å². The predicted molar refractivity (Wildman–Crippen MR) is 115 cm³/mol. The van der Waals surface area contributed by atoms with E-state index in [-0.39, 0.29) is 36.5 Å². The molecule has 1 aliphatic carbocycles. The Hall–Kier alpha value is -3.00. The Morgan fingerprint density at radius 1 is 1.03 bits per heavy atom. The number of hydrogen-bond acceptors (Lipinski definition) is 5. The van der Waals surface area contributed by atoms with Gasteiger partial charge in [-0.2, -0.15) is 0 Å². The van der Waals surface area contributed by atoms with E-state index < -0.39 is 0 Å². The van der Waals surface area contributed by atoms with E-state index in [2.05, 4.69) is 17.6 Å². The maximum Gasteiger partial charge on any atom is 0.256 e. The molecule has 2 heterocycles. The zero-order chi connectivity index (χ0) is 21.4. The molecular formula is C22H23N3O4S. The fraction of sp³-hybridized carbons (Fsp3) is 0.364. The quantitative estimate of drug-likeness (QED) is 0.736. The van der Waals surface area contributed by atoms with Crippen LogP contribution in [0.2, 0.25) is 0 Å². The summed E-state index contributed by atoms with van der Waals surface area (Å²) in [6.07, 6.45) is 3.19. The molecule has 1 aromatic heterocycles. The van der Waals surface area contributed by atoms with Gasteiger partial charge in [-0.05, 0) is 55.0 Å². The van der Waals surface area contributed by atoms with E-state index in [0.29, 0.717) is 27.7 Å². The molecule has 1 saturated heterocycles. The van der Waals surface area contributed by atoms with E-state index >= 15 is 0 Å². The molecule has 7 nitrogen and oxygen atoms in total. The van der Waals surface area contributed by atoms with E-state index in [0.717, 1.165) is 34.6 Å². The van der Waals surface area contributed by atoms with Gasteiger partial charge < -0.3 is 10.6 Å². The molecule has 1 fully saturated rings. The number of anilines is 2. The Balaban J connectivity index is 1.57. The van der Waals surface area contributed by atoms with Gasteiger partial charge in [0.2, 0.25) is 11.8 Å². The molecule has 2 aromatic rings. The van der Waals surface area contributed by atoms with Gasteiger partial charge in [0.1, 0.15) is 5.00 Å². The molecule has 30 heavy (non-hydrogen) atoms. The number of nitrogens with one attached hydrogen (secondary N) is 2. The molecule has 4 amide bonds. The van der Waals surface area contributed by atoms with Crippen LogP contribution in [0.1, 0.15) is 57.3 Å². The van der Waals surface area contributed by atoms with Crippen molar-refractivity contribution in [3.05, 3.63) is 45.8 Å². The van der Waals surface area contributed by atoms with Crippen LogP contribution in [0.3, 0.4) is 0 Å². The van der Waals surface area contributed by atoms with Crippen LogP contribution in [0.15, 0.2) is 24.3 Å². The van der Waals surface area contributed by atoms with Gasteiger partial charge in [0.05, 0.1) is 11.3 Å². The van der Waals surface area contributed by atoms with Crippen molar-refractivity contribution in [2.75, 3.05) is 17.3 Å². The highest BCUT2D eigenvalue weighted by Gasteiger charge is 2.31. The highest BCUT2D eigenvalue weighted by atomic mass is 32.1. The molecule has 8 heteroatoms. The number of carbonyl (C=O) groups is 4. The van der Waals surface area contributed by atoms with Crippen molar-refractivity contribution in [3.8, 4) is 0 Å². The van der Waals surface area contributed by atoms with Gasteiger partial charge in [-0.15, -0.1) is 11.3 Å². The first-order chi connectivity index (χ1) is 14.4. The average molecular weight is 426 g/mol. The first-order valence-electron chi connectivity index (χ1n) is 10.0. The Bertz CT molecular complexity index is 1030. The van der Waals surface area contributed by atoms with Crippen LogP contribution in [0.25, 0.3) is 0 Å². The van der Waals surface area contributed by atoms with Crippen LogP contribution >= 0.6 is 11.3 Å². The van der Waals surface area contributed by atoms with E-state index in [1.165, 1.54) is 11.3 Å². The van der Waals surface area contributed by atoms with E-state index in [4.69, 9.17) is 0 Å². The van der Waals surface area contributed by atoms with Gasteiger partial charge in [-0.25, -0.2) is 0 Å². The minimum absolute atomic E-state index is 0.196. The third-order valence-corrected chi connectivity index (χ3v) is 6.80. The van der Waals surface area contributed by atoms with Crippen LogP contribution in [0.4, 0.5) is 10.7 Å². The monoisotopic (exact) mass is 425 g/mol. The highest BCUT2D eigenvalue weighted by Crippen LogP contribution is 2.39. The molecule has 0 saturated carbocycles. The lowest BCUT2D eigenvalue weighted by atomic mass is 9.88. The summed E-state index contributed by atoms with van der Waals surface area (Å²) in [5, 5.41) is 6.13. The van der Waals surface area contributed by atoms with Crippen molar-refractivity contribution < 1.29 is 19.2 Å².